The number of hydrogen-bond donors (Lipinski definition) is 0. The first-order valence-electron chi connectivity index (χ1n) is 6.79. The molecule has 4 nitrogen and oxygen atoms in total. The number of benzene rings is 1. The highest BCUT2D eigenvalue weighted by molar-refractivity contribution is 5.83. The fraction of sp³-hybridized carbons (Fsp3) is 0.250. The third-order valence-corrected chi connectivity index (χ3v) is 3.73. The van der Waals surface area contributed by atoms with Crippen LogP contribution in [0.5, 0.6) is 0 Å². The molecule has 0 saturated carbocycles. The molecule has 4 rings (SSSR count). The van der Waals surface area contributed by atoms with E-state index in [9.17, 15) is 0 Å². The standard InChI is InChI=1S/C16H15N3O/c1-11-4-5-17-16(6-11)12-2-3-15-13(7-12)8-19(18-15)14-9-20-10-14/h2-8,14H,9-10H2,1H3. The smallest absolute Gasteiger partial charge is 0.0985 e. The van der Waals surface area contributed by atoms with Gasteiger partial charge in [0.25, 0.3) is 0 Å². The van der Waals surface area contributed by atoms with E-state index >= 15 is 0 Å². The third-order valence-electron chi connectivity index (χ3n) is 3.73. The van der Waals surface area contributed by atoms with Gasteiger partial charge in [-0.2, -0.15) is 5.10 Å². The molecule has 1 aliphatic rings. The molecule has 4 heteroatoms. The highest BCUT2D eigenvalue weighted by atomic mass is 16.5. The molecular weight excluding hydrogens is 250 g/mol. The molecule has 3 heterocycles. The minimum absolute atomic E-state index is 0.392. The molecule has 100 valence electrons. The number of nitrogens with zero attached hydrogens (tertiary/aromatic N) is 3. The van der Waals surface area contributed by atoms with E-state index < -0.39 is 0 Å². The summed E-state index contributed by atoms with van der Waals surface area (Å²) in [6.45, 7) is 3.61. The van der Waals surface area contributed by atoms with Gasteiger partial charge in [0.15, 0.2) is 0 Å². The Morgan fingerprint density at radius 1 is 1.20 bits per heavy atom. The maximum absolute atomic E-state index is 5.22. The molecule has 20 heavy (non-hydrogen) atoms. The molecule has 0 bridgehead atoms. The van der Waals surface area contributed by atoms with Gasteiger partial charge in [-0.3, -0.25) is 9.67 Å². The first kappa shape index (κ1) is 11.6. The quantitative estimate of drug-likeness (QED) is 0.715. The van der Waals surface area contributed by atoms with Crippen LogP contribution in [0.2, 0.25) is 0 Å². The van der Waals surface area contributed by atoms with Crippen LogP contribution in [0, 0.1) is 6.92 Å². The van der Waals surface area contributed by atoms with Crippen LogP contribution in [0.4, 0.5) is 0 Å². The van der Waals surface area contributed by atoms with Crippen molar-refractivity contribution in [2.24, 2.45) is 0 Å². The first-order chi connectivity index (χ1) is 9.79. The number of hydrogen-bond acceptors (Lipinski definition) is 3. The van der Waals surface area contributed by atoms with Gasteiger partial charge in [0, 0.05) is 23.3 Å². The molecular formula is C16H15N3O. The summed E-state index contributed by atoms with van der Waals surface area (Å²) in [6, 6.07) is 10.8. The van der Waals surface area contributed by atoms with Crippen molar-refractivity contribution in [3.63, 3.8) is 0 Å². The SMILES string of the molecule is Cc1ccnc(-c2ccc3nn(C4COC4)cc3c2)c1. The molecule has 0 atom stereocenters. The third kappa shape index (κ3) is 1.89. The zero-order chi connectivity index (χ0) is 13.5. The summed E-state index contributed by atoms with van der Waals surface area (Å²) in [5.74, 6) is 0. The van der Waals surface area contributed by atoms with Gasteiger partial charge in [-0.15, -0.1) is 0 Å². The van der Waals surface area contributed by atoms with Crippen molar-refractivity contribution in [1.82, 2.24) is 14.8 Å². The average molecular weight is 265 g/mol. The minimum Gasteiger partial charge on any atom is -0.377 e. The second kappa shape index (κ2) is 4.42. The number of pyridine rings is 1. The van der Waals surface area contributed by atoms with Crippen molar-refractivity contribution in [3.05, 3.63) is 48.3 Å². The lowest BCUT2D eigenvalue weighted by molar-refractivity contribution is -0.0283. The largest absolute Gasteiger partial charge is 0.377 e. The van der Waals surface area contributed by atoms with Gasteiger partial charge in [-0.05, 0) is 36.8 Å². The Labute approximate surface area is 117 Å². The molecule has 1 aromatic carbocycles. The highest BCUT2D eigenvalue weighted by Crippen LogP contribution is 2.25. The summed E-state index contributed by atoms with van der Waals surface area (Å²) in [6.07, 6.45) is 3.95. The number of ether oxygens (including phenoxy) is 1. The highest BCUT2D eigenvalue weighted by Gasteiger charge is 2.21. The van der Waals surface area contributed by atoms with Crippen LogP contribution in [-0.4, -0.2) is 28.0 Å². The minimum atomic E-state index is 0.392. The summed E-state index contributed by atoms with van der Waals surface area (Å²) in [5.41, 5.74) is 4.38. The molecule has 0 spiro atoms. The van der Waals surface area contributed by atoms with E-state index in [2.05, 4.69) is 47.5 Å². The van der Waals surface area contributed by atoms with Gasteiger partial charge >= 0.3 is 0 Å². The predicted octanol–water partition coefficient (Wildman–Crippen LogP) is 2.98. The lowest BCUT2D eigenvalue weighted by Crippen LogP contribution is -2.30. The maximum atomic E-state index is 5.22. The van der Waals surface area contributed by atoms with Crippen LogP contribution in [0.3, 0.4) is 0 Å². The molecule has 0 amide bonds. The number of fused-ring (bicyclic) bond motifs is 1. The first-order valence-corrected chi connectivity index (χ1v) is 6.79. The Hall–Kier alpha value is -2.20. The Balaban J connectivity index is 1.78. The van der Waals surface area contributed by atoms with E-state index in [1.807, 2.05) is 16.9 Å². The van der Waals surface area contributed by atoms with Crippen molar-refractivity contribution >= 4 is 10.9 Å². The lowest BCUT2D eigenvalue weighted by Gasteiger charge is -2.25. The lowest BCUT2D eigenvalue weighted by atomic mass is 10.1. The van der Waals surface area contributed by atoms with Gasteiger partial charge in [-0.25, -0.2) is 0 Å². The Kier molecular flexibility index (Phi) is 2.57. The molecule has 0 aliphatic carbocycles. The van der Waals surface area contributed by atoms with Crippen LogP contribution < -0.4 is 0 Å². The van der Waals surface area contributed by atoms with Gasteiger partial charge in [-0.1, -0.05) is 6.07 Å². The fourth-order valence-electron chi connectivity index (χ4n) is 2.46. The van der Waals surface area contributed by atoms with Crippen LogP contribution in [0.1, 0.15) is 11.6 Å². The van der Waals surface area contributed by atoms with E-state index in [-0.39, 0.29) is 0 Å². The second-order valence-corrected chi connectivity index (χ2v) is 5.29. The molecule has 2 aromatic heterocycles. The van der Waals surface area contributed by atoms with Crippen LogP contribution >= 0.6 is 0 Å². The molecule has 0 radical (unpaired) electrons. The number of aromatic nitrogens is 3. The number of aryl methyl sites for hydroxylation is 1. The Morgan fingerprint density at radius 3 is 2.85 bits per heavy atom. The molecule has 1 saturated heterocycles. The van der Waals surface area contributed by atoms with Crippen molar-refractivity contribution < 1.29 is 4.74 Å². The summed E-state index contributed by atoms with van der Waals surface area (Å²) in [7, 11) is 0. The van der Waals surface area contributed by atoms with Crippen molar-refractivity contribution in [1.29, 1.82) is 0 Å². The van der Waals surface area contributed by atoms with Gasteiger partial charge in [0.1, 0.15) is 0 Å². The van der Waals surface area contributed by atoms with E-state index in [4.69, 9.17) is 4.74 Å². The van der Waals surface area contributed by atoms with Gasteiger partial charge in [0.2, 0.25) is 0 Å². The molecule has 1 aliphatic heterocycles. The van der Waals surface area contributed by atoms with Crippen LogP contribution in [0.15, 0.2) is 42.7 Å². The summed E-state index contributed by atoms with van der Waals surface area (Å²) < 4.78 is 7.24. The fourth-order valence-corrected chi connectivity index (χ4v) is 2.46. The normalized spacial score (nSPS) is 15.4. The van der Waals surface area contributed by atoms with E-state index in [0.29, 0.717) is 6.04 Å². The maximum Gasteiger partial charge on any atom is 0.0985 e. The van der Waals surface area contributed by atoms with E-state index in [1.165, 1.54) is 5.56 Å². The zero-order valence-corrected chi connectivity index (χ0v) is 11.3. The van der Waals surface area contributed by atoms with Crippen molar-refractivity contribution in [3.8, 4) is 11.3 Å². The summed E-state index contributed by atoms with van der Waals surface area (Å²) in [4.78, 5) is 4.44. The van der Waals surface area contributed by atoms with Gasteiger partial charge in [0.05, 0.1) is 30.5 Å². The zero-order valence-electron chi connectivity index (χ0n) is 11.3. The van der Waals surface area contributed by atoms with Crippen LogP contribution in [-0.2, 0) is 4.74 Å². The Bertz CT molecular complexity index is 774. The number of rotatable bonds is 2. The average Bonchev–Trinajstić information content (AvgIpc) is 2.78. The summed E-state index contributed by atoms with van der Waals surface area (Å²) in [5, 5.41) is 5.75. The van der Waals surface area contributed by atoms with Crippen LogP contribution in [0.25, 0.3) is 22.2 Å². The molecule has 0 N–H and O–H groups in total. The molecule has 3 aromatic rings. The molecule has 0 unspecified atom stereocenters. The van der Waals surface area contributed by atoms with Gasteiger partial charge < -0.3 is 4.74 Å². The Morgan fingerprint density at radius 2 is 2.10 bits per heavy atom. The molecule has 1 fully saturated rings. The van der Waals surface area contributed by atoms with Crippen molar-refractivity contribution in [2.45, 2.75) is 13.0 Å². The van der Waals surface area contributed by atoms with Crippen molar-refractivity contribution in [2.75, 3.05) is 13.2 Å². The predicted molar refractivity (Wildman–Crippen MR) is 77.6 cm³/mol. The van der Waals surface area contributed by atoms with E-state index in [0.717, 1.165) is 35.4 Å². The summed E-state index contributed by atoms with van der Waals surface area (Å²) >= 11 is 0. The second-order valence-electron chi connectivity index (χ2n) is 5.29. The monoisotopic (exact) mass is 265 g/mol. The topological polar surface area (TPSA) is 39.9 Å². The van der Waals surface area contributed by atoms with E-state index in [1.54, 1.807) is 0 Å².